The Labute approximate surface area is 358 Å². The number of hydrogen-bond acceptors (Lipinski definition) is 15. The van der Waals surface area contributed by atoms with E-state index in [0.717, 1.165) is 0 Å². The zero-order chi connectivity index (χ0) is 45.6. The summed E-state index contributed by atoms with van der Waals surface area (Å²) in [6.07, 6.45) is -0.306. The Morgan fingerprint density at radius 3 is 1.37 bits per heavy atom. The Balaban J connectivity index is 3.70. The van der Waals surface area contributed by atoms with Crippen LogP contribution in [0.3, 0.4) is 0 Å². The van der Waals surface area contributed by atoms with Crippen molar-refractivity contribution in [2.75, 3.05) is 72.7 Å². The zero-order valence-corrected chi connectivity index (χ0v) is 39.1. The molecule has 0 heterocycles. The van der Waals surface area contributed by atoms with Gasteiger partial charge in [-0.25, -0.2) is 9.59 Å². The molecule has 60 heavy (non-hydrogen) atoms. The lowest BCUT2D eigenvalue weighted by Crippen LogP contribution is -2.93. The third kappa shape index (κ3) is 9.10. The highest BCUT2D eigenvalue weighted by atomic mass is 16.9. The fraction of sp³-hybridized carbons (Fsp3) is 0.733. The van der Waals surface area contributed by atoms with E-state index in [9.17, 15) is 9.59 Å². The second-order valence-electron chi connectivity index (χ2n) is 14.2. The highest BCUT2D eigenvalue weighted by molar-refractivity contribution is 5.90. The van der Waals surface area contributed by atoms with Crippen molar-refractivity contribution in [3.05, 3.63) is 35.9 Å². The summed E-state index contributed by atoms with van der Waals surface area (Å²) in [4.78, 5) is 27.3. The van der Waals surface area contributed by atoms with Crippen LogP contribution in [0, 0.1) is 0 Å². The molecule has 0 saturated heterocycles. The third-order valence-corrected chi connectivity index (χ3v) is 10.1. The van der Waals surface area contributed by atoms with Gasteiger partial charge in [-0.1, -0.05) is 27.0 Å². The Morgan fingerprint density at radius 1 is 0.533 bits per heavy atom. The van der Waals surface area contributed by atoms with Gasteiger partial charge in [-0.05, 0) is 96.1 Å². The molecule has 344 valence electrons. The quantitative estimate of drug-likeness (QED) is 0.0346. The Kier molecular flexibility index (Phi) is 20.0. The van der Waals surface area contributed by atoms with Crippen molar-refractivity contribution < 1.29 is 71.2 Å². The van der Waals surface area contributed by atoms with Gasteiger partial charge >= 0.3 is 23.5 Å². The monoisotopic (exact) mass is 855 g/mol. The van der Waals surface area contributed by atoms with Crippen LogP contribution in [-0.2, 0) is 57.6 Å². The predicted octanol–water partition coefficient (Wildman–Crippen LogP) is 7.98. The first-order valence-electron chi connectivity index (χ1n) is 21.4. The first-order chi connectivity index (χ1) is 28.4. The Hall–Kier alpha value is -3.28. The van der Waals surface area contributed by atoms with Crippen LogP contribution in [0.15, 0.2) is 30.4 Å². The van der Waals surface area contributed by atoms with Gasteiger partial charge in [-0.3, -0.25) is 0 Å². The van der Waals surface area contributed by atoms with E-state index in [2.05, 4.69) is 13.2 Å². The second kappa shape index (κ2) is 22.7. The molecular formula is C45H74O15. The van der Waals surface area contributed by atoms with Crippen molar-refractivity contribution in [1.29, 1.82) is 0 Å². The molecule has 1 aliphatic carbocycles. The molecule has 1 aromatic rings. The maximum Gasteiger partial charge on any atom is 0.338 e. The molecule has 15 nitrogen and oxygen atoms in total. The molecule has 1 aliphatic rings. The molecule has 1 aromatic carbocycles. The zero-order valence-electron chi connectivity index (χ0n) is 39.1. The number of esters is 2. The molecule has 15 heteroatoms. The van der Waals surface area contributed by atoms with Crippen LogP contribution < -0.4 is 18.9 Å². The second-order valence-corrected chi connectivity index (χ2v) is 14.2. The molecule has 2 rings (SSSR count). The average molecular weight is 855 g/mol. The average Bonchev–Trinajstić information content (AvgIpc) is 3.18. The van der Waals surface area contributed by atoms with Crippen molar-refractivity contribution in [3.8, 4) is 23.0 Å². The highest BCUT2D eigenvalue weighted by Gasteiger charge is 2.92. The summed E-state index contributed by atoms with van der Waals surface area (Å²) in [7, 11) is 0. The van der Waals surface area contributed by atoms with Gasteiger partial charge in [0.05, 0.1) is 19.8 Å². The van der Waals surface area contributed by atoms with E-state index in [0.29, 0.717) is 5.56 Å². The predicted molar refractivity (Wildman–Crippen MR) is 226 cm³/mol. The number of benzene rings is 1. The number of rotatable bonds is 28. The fourth-order valence-electron chi connectivity index (χ4n) is 8.18. The maximum atomic E-state index is 14.2. The summed E-state index contributed by atoms with van der Waals surface area (Å²) in [5, 5.41) is 0. The van der Waals surface area contributed by atoms with Crippen LogP contribution in [0.5, 0.6) is 23.0 Å². The van der Waals surface area contributed by atoms with E-state index in [1.54, 1.807) is 75.3 Å². The molecule has 0 aromatic heterocycles. The van der Waals surface area contributed by atoms with E-state index in [4.69, 9.17) is 61.6 Å². The highest BCUT2D eigenvalue weighted by Crippen LogP contribution is 2.68. The number of carbonyl (C=O) groups is 2. The van der Waals surface area contributed by atoms with Gasteiger partial charge in [0.2, 0.25) is 17.3 Å². The molecule has 2 atom stereocenters. The molecule has 0 bridgehead atoms. The molecule has 0 amide bonds. The summed E-state index contributed by atoms with van der Waals surface area (Å²) >= 11 is 0. The summed E-state index contributed by atoms with van der Waals surface area (Å²) in [6, 6.07) is 1.72. The van der Waals surface area contributed by atoms with E-state index in [1.807, 2.05) is 27.7 Å². The largest absolute Gasteiger partial charge is 0.490 e. The smallest absolute Gasteiger partial charge is 0.338 e. The van der Waals surface area contributed by atoms with Crippen LogP contribution in [0.2, 0.25) is 0 Å². The van der Waals surface area contributed by atoms with Crippen LogP contribution in [0.1, 0.15) is 116 Å². The van der Waals surface area contributed by atoms with Crippen LogP contribution in [-0.4, -0.2) is 113 Å². The first-order valence-corrected chi connectivity index (χ1v) is 21.4. The van der Waals surface area contributed by atoms with Crippen LogP contribution in [0.4, 0.5) is 0 Å². The molecule has 0 aliphatic heterocycles. The number of hydrogen-bond donors (Lipinski definition) is 0. The standard InChI is InChI=1S/C45H74O15/c1-18-48-34-29-33(35(49-19-2)37(50-20-3)36(34)59-38(46)31(12)13)40(16,17)41(51-21-4)30-42(52-22-5,53-23-6)44(56-26-9,60-39(47)32(14)15)45(57-27-10,58-28-11)43(41,54-24-7)55-25-8/h29H,12,14,18-28,30H2,1-11,13,15-17H3. The van der Waals surface area contributed by atoms with Crippen molar-refractivity contribution in [1.82, 2.24) is 0 Å². The minimum atomic E-state index is -2.44. The van der Waals surface area contributed by atoms with E-state index < -0.39 is 46.1 Å². The summed E-state index contributed by atoms with van der Waals surface area (Å²) < 4.78 is 87.4. The molecule has 2 unspecified atom stereocenters. The lowest BCUT2D eigenvalue weighted by molar-refractivity contribution is -0.586. The van der Waals surface area contributed by atoms with Crippen LogP contribution in [0.25, 0.3) is 0 Å². The molecule has 0 radical (unpaired) electrons. The van der Waals surface area contributed by atoms with Gasteiger partial charge in [0.25, 0.3) is 5.79 Å². The number of ether oxygens (including phenoxy) is 13. The summed E-state index contributed by atoms with van der Waals surface area (Å²) in [5.41, 5.74) is -2.61. The van der Waals surface area contributed by atoms with Crippen molar-refractivity contribution in [2.24, 2.45) is 0 Å². The lowest BCUT2D eigenvalue weighted by Gasteiger charge is -2.71. The van der Waals surface area contributed by atoms with Crippen molar-refractivity contribution >= 4 is 11.9 Å². The SMILES string of the molecule is C=C(C)C(=O)Oc1c(OCC)cc(C(C)(C)C2(OCC)CC(OCC)(OCC)C(OCC)(OC(=O)C(=C)C)C(OCC)(OCC)C2(OCC)OCC)c(OCC)c1OCC. The van der Waals surface area contributed by atoms with Crippen molar-refractivity contribution in [2.45, 2.75) is 144 Å². The summed E-state index contributed by atoms with van der Waals surface area (Å²) in [5.74, 6) is -10.2. The van der Waals surface area contributed by atoms with E-state index in [1.165, 1.54) is 6.92 Å². The van der Waals surface area contributed by atoms with Gasteiger partial charge in [-0.15, -0.1) is 0 Å². The first kappa shape index (κ1) is 52.9. The Morgan fingerprint density at radius 2 is 0.950 bits per heavy atom. The third-order valence-electron chi connectivity index (χ3n) is 10.1. The summed E-state index contributed by atoms with van der Waals surface area (Å²) in [6.45, 7) is 34.7. The van der Waals surface area contributed by atoms with Gasteiger partial charge in [0.15, 0.2) is 11.5 Å². The molecule has 0 N–H and O–H groups in total. The van der Waals surface area contributed by atoms with Crippen LogP contribution >= 0.6 is 0 Å². The molecular weight excluding hydrogens is 780 g/mol. The minimum absolute atomic E-state index is 0.00220. The molecule has 0 spiro atoms. The van der Waals surface area contributed by atoms with Gasteiger partial charge in [0, 0.05) is 81.4 Å². The van der Waals surface area contributed by atoms with E-state index in [-0.39, 0.29) is 113 Å². The molecule has 1 fully saturated rings. The van der Waals surface area contributed by atoms with Gasteiger partial charge in [-0.2, -0.15) is 0 Å². The number of carbonyl (C=O) groups excluding carboxylic acids is 2. The minimum Gasteiger partial charge on any atom is -0.490 e. The normalized spacial score (nSPS) is 20.6. The van der Waals surface area contributed by atoms with Crippen molar-refractivity contribution in [3.63, 3.8) is 0 Å². The molecule has 1 saturated carbocycles. The van der Waals surface area contributed by atoms with Gasteiger partial charge < -0.3 is 61.6 Å². The Bertz CT molecular complexity index is 1570. The maximum absolute atomic E-state index is 14.2. The fourth-order valence-corrected chi connectivity index (χ4v) is 8.18. The lowest BCUT2D eigenvalue weighted by atomic mass is 9.55. The van der Waals surface area contributed by atoms with Gasteiger partial charge in [0.1, 0.15) is 5.60 Å². The topological polar surface area (TPSA) is 154 Å². The van der Waals surface area contributed by atoms with E-state index >= 15 is 0 Å².